The number of methoxy groups -OCH3 is 1. The number of hydrogen-bond acceptors (Lipinski definition) is 3. The van der Waals surface area contributed by atoms with Crippen LogP contribution in [0.2, 0.25) is 0 Å². The fourth-order valence-electron chi connectivity index (χ4n) is 1.95. The van der Waals surface area contributed by atoms with Gasteiger partial charge in [-0.15, -0.1) is 0 Å². The van der Waals surface area contributed by atoms with Gasteiger partial charge >= 0.3 is 0 Å². The van der Waals surface area contributed by atoms with Crippen LogP contribution in [-0.4, -0.2) is 18.7 Å². The lowest BCUT2D eigenvalue weighted by atomic mass is 10.1. The fourth-order valence-corrected chi connectivity index (χ4v) is 1.95. The van der Waals surface area contributed by atoms with Crippen LogP contribution in [0.1, 0.15) is 5.56 Å². The van der Waals surface area contributed by atoms with E-state index in [1.165, 1.54) is 0 Å². The molecule has 4 heteroatoms. The van der Waals surface area contributed by atoms with E-state index in [0.29, 0.717) is 6.54 Å². The van der Waals surface area contributed by atoms with Crippen molar-refractivity contribution in [1.82, 2.24) is 9.88 Å². The van der Waals surface area contributed by atoms with Crippen molar-refractivity contribution in [1.29, 1.82) is 0 Å². The van der Waals surface area contributed by atoms with Gasteiger partial charge in [0.05, 0.1) is 12.6 Å². The summed E-state index contributed by atoms with van der Waals surface area (Å²) in [6.45, 7) is 0.578. The average molecular weight is 232 g/mol. The first kappa shape index (κ1) is 11.7. The van der Waals surface area contributed by atoms with Gasteiger partial charge in [0, 0.05) is 25.2 Å². The van der Waals surface area contributed by atoms with Crippen molar-refractivity contribution >= 4 is 10.9 Å². The zero-order valence-corrected chi connectivity index (χ0v) is 10.3. The third-order valence-corrected chi connectivity index (χ3v) is 2.88. The summed E-state index contributed by atoms with van der Waals surface area (Å²) >= 11 is 0. The van der Waals surface area contributed by atoms with Crippen molar-refractivity contribution in [3.63, 3.8) is 0 Å². The summed E-state index contributed by atoms with van der Waals surface area (Å²) in [7, 11) is 5.23. The van der Waals surface area contributed by atoms with Gasteiger partial charge in [-0.2, -0.15) is 0 Å². The molecule has 2 rings (SSSR count). The molecule has 1 aromatic heterocycles. The molecule has 0 saturated heterocycles. The SMILES string of the molecule is CNCc1cc2ccc(OC)cc2n(C)c1=O. The van der Waals surface area contributed by atoms with E-state index in [1.807, 2.05) is 31.3 Å². The van der Waals surface area contributed by atoms with Crippen molar-refractivity contribution in [2.75, 3.05) is 14.2 Å². The molecule has 1 heterocycles. The number of nitrogens with one attached hydrogen (secondary N) is 1. The number of ether oxygens (including phenoxy) is 1. The van der Waals surface area contributed by atoms with Gasteiger partial charge in [-0.25, -0.2) is 0 Å². The van der Waals surface area contributed by atoms with E-state index in [1.54, 1.807) is 18.7 Å². The summed E-state index contributed by atoms with van der Waals surface area (Å²) in [4.78, 5) is 12.1. The van der Waals surface area contributed by atoms with E-state index in [4.69, 9.17) is 4.74 Å². The van der Waals surface area contributed by atoms with Gasteiger partial charge in [0.2, 0.25) is 0 Å². The number of hydrogen-bond donors (Lipinski definition) is 1. The molecule has 0 bridgehead atoms. The van der Waals surface area contributed by atoms with Gasteiger partial charge in [-0.3, -0.25) is 4.79 Å². The quantitative estimate of drug-likeness (QED) is 0.866. The smallest absolute Gasteiger partial charge is 0.255 e. The summed E-state index contributed by atoms with van der Waals surface area (Å²) < 4.78 is 6.82. The third kappa shape index (κ3) is 2.03. The van der Waals surface area contributed by atoms with E-state index in [9.17, 15) is 4.79 Å². The van der Waals surface area contributed by atoms with Crippen LogP contribution >= 0.6 is 0 Å². The van der Waals surface area contributed by atoms with Crippen molar-refractivity contribution in [2.24, 2.45) is 7.05 Å². The minimum atomic E-state index is 0.0279. The molecule has 0 atom stereocenters. The molecule has 0 radical (unpaired) electrons. The van der Waals surface area contributed by atoms with Crippen molar-refractivity contribution < 1.29 is 4.74 Å². The van der Waals surface area contributed by atoms with Crippen LogP contribution < -0.4 is 15.6 Å². The first-order valence-corrected chi connectivity index (χ1v) is 5.48. The molecule has 0 fully saturated rings. The molecule has 2 aromatic rings. The highest BCUT2D eigenvalue weighted by Crippen LogP contribution is 2.19. The molecule has 0 saturated carbocycles. The van der Waals surface area contributed by atoms with Crippen LogP contribution in [-0.2, 0) is 13.6 Å². The van der Waals surface area contributed by atoms with Gasteiger partial charge in [-0.05, 0) is 30.6 Å². The van der Waals surface area contributed by atoms with E-state index in [0.717, 1.165) is 22.2 Å². The minimum Gasteiger partial charge on any atom is -0.497 e. The number of rotatable bonds is 3. The van der Waals surface area contributed by atoms with E-state index in [2.05, 4.69) is 5.32 Å². The van der Waals surface area contributed by atoms with E-state index >= 15 is 0 Å². The number of aryl methyl sites for hydroxylation is 1. The molecule has 4 nitrogen and oxygen atoms in total. The molecular weight excluding hydrogens is 216 g/mol. The Morgan fingerprint density at radius 2 is 2.12 bits per heavy atom. The molecule has 1 aromatic carbocycles. The second-order valence-corrected chi connectivity index (χ2v) is 3.99. The van der Waals surface area contributed by atoms with Crippen LogP contribution in [0.15, 0.2) is 29.1 Å². The number of aromatic nitrogens is 1. The van der Waals surface area contributed by atoms with Gasteiger partial charge in [0.25, 0.3) is 5.56 Å². The summed E-state index contributed by atoms with van der Waals surface area (Å²) in [5.41, 5.74) is 1.68. The first-order valence-electron chi connectivity index (χ1n) is 5.48. The topological polar surface area (TPSA) is 43.3 Å². The van der Waals surface area contributed by atoms with Crippen LogP contribution in [0, 0.1) is 0 Å². The molecule has 0 unspecified atom stereocenters. The fraction of sp³-hybridized carbons (Fsp3) is 0.308. The Hall–Kier alpha value is -1.81. The molecule has 0 spiro atoms. The predicted molar refractivity (Wildman–Crippen MR) is 68.5 cm³/mol. The molecule has 0 aliphatic carbocycles. The van der Waals surface area contributed by atoms with Gasteiger partial charge in [0.15, 0.2) is 0 Å². The average Bonchev–Trinajstić information content (AvgIpc) is 2.35. The molecular formula is C13H16N2O2. The molecule has 0 aliphatic rings. The lowest BCUT2D eigenvalue weighted by molar-refractivity contribution is 0.415. The third-order valence-electron chi connectivity index (χ3n) is 2.88. The highest BCUT2D eigenvalue weighted by molar-refractivity contribution is 5.81. The minimum absolute atomic E-state index is 0.0279. The Kier molecular flexibility index (Phi) is 3.15. The largest absolute Gasteiger partial charge is 0.497 e. The summed E-state index contributed by atoms with van der Waals surface area (Å²) in [6, 6.07) is 7.66. The summed E-state index contributed by atoms with van der Waals surface area (Å²) in [5, 5.41) is 4.04. The molecule has 17 heavy (non-hydrogen) atoms. The highest BCUT2D eigenvalue weighted by atomic mass is 16.5. The van der Waals surface area contributed by atoms with E-state index in [-0.39, 0.29) is 5.56 Å². The number of pyridine rings is 1. The standard InChI is InChI=1S/C13H16N2O2/c1-14-8-10-6-9-4-5-11(17-3)7-12(9)15(2)13(10)16/h4-7,14H,8H2,1-3H3. The summed E-state index contributed by atoms with van der Waals surface area (Å²) in [6.07, 6.45) is 0. The lowest BCUT2D eigenvalue weighted by Crippen LogP contribution is -2.24. The molecule has 0 amide bonds. The second-order valence-electron chi connectivity index (χ2n) is 3.99. The van der Waals surface area contributed by atoms with Crippen molar-refractivity contribution in [3.05, 3.63) is 40.2 Å². The zero-order valence-electron chi connectivity index (χ0n) is 10.3. The molecule has 90 valence electrons. The Morgan fingerprint density at radius 1 is 1.35 bits per heavy atom. The lowest BCUT2D eigenvalue weighted by Gasteiger charge is -2.09. The number of nitrogens with zero attached hydrogens (tertiary/aromatic N) is 1. The number of benzene rings is 1. The second kappa shape index (κ2) is 4.59. The van der Waals surface area contributed by atoms with Gasteiger partial charge < -0.3 is 14.6 Å². The Balaban J connectivity index is 2.72. The number of fused-ring (bicyclic) bond motifs is 1. The predicted octanol–water partition coefficient (Wildman–Crippen LogP) is 1.27. The summed E-state index contributed by atoms with van der Waals surface area (Å²) in [5.74, 6) is 0.758. The Morgan fingerprint density at radius 3 is 2.76 bits per heavy atom. The highest BCUT2D eigenvalue weighted by Gasteiger charge is 2.06. The van der Waals surface area contributed by atoms with Crippen LogP contribution in [0.3, 0.4) is 0 Å². The monoisotopic (exact) mass is 232 g/mol. The van der Waals surface area contributed by atoms with Crippen LogP contribution in [0.5, 0.6) is 5.75 Å². The molecule has 0 aliphatic heterocycles. The maximum atomic E-state index is 12.1. The Labute approximate surface area is 99.8 Å². The van der Waals surface area contributed by atoms with Crippen LogP contribution in [0.4, 0.5) is 0 Å². The van der Waals surface area contributed by atoms with Gasteiger partial charge in [-0.1, -0.05) is 0 Å². The maximum Gasteiger partial charge on any atom is 0.255 e. The first-order chi connectivity index (χ1) is 8.17. The maximum absolute atomic E-state index is 12.1. The van der Waals surface area contributed by atoms with Crippen LogP contribution in [0.25, 0.3) is 10.9 Å². The molecule has 1 N–H and O–H groups in total. The zero-order chi connectivity index (χ0) is 12.4. The Bertz CT molecular complexity index is 602. The normalized spacial score (nSPS) is 10.8. The van der Waals surface area contributed by atoms with E-state index < -0.39 is 0 Å². The van der Waals surface area contributed by atoms with Gasteiger partial charge in [0.1, 0.15) is 5.75 Å². The van der Waals surface area contributed by atoms with Crippen molar-refractivity contribution in [2.45, 2.75) is 6.54 Å². The van der Waals surface area contributed by atoms with Crippen molar-refractivity contribution in [3.8, 4) is 5.75 Å².